The maximum atomic E-state index is 12.9. The summed E-state index contributed by atoms with van der Waals surface area (Å²) >= 11 is 5.85. The number of benzene rings is 2. The lowest BCUT2D eigenvalue weighted by atomic mass is 10.1. The van der Waals surface area contributed by atoms with Crippen molar-refractivity contribution < 1.29 is 28.7 Å². The lowest BCUT2D eigenvalue weighted by Gasteiger charge is -2.26. The minimum absolute atomic E-state index is 0.212. The molecule has 30 heavy (non-hydrogen) atoms. The maximum Gasteiger partial charge on any atom is 0.335 e. The second kappa shape index (κ2) is 8.79. The van der Waals surface area contributed by atoms with Gasteiger partial charge in [0.05, 0.1) is 12.3 Å². The predicted octanol–water partition coefficient (Wildman–Crippen LogP) is 3.33. The van der Waals surface area contributed by atoms with Crippen LogP contribution in [-0.4, -0.2) is 30.4 Å². The number of carbonyl (C=O) groups excluding carboxylic acids is 4. The van der Waals surface area contributed by atoms with E-state index in [4.69, 9.17) is 21.1 Å². The van der Waals surface area contributed by atoms with Crippen LogP contribution < -0.4 is 19.7 Å². The van der Waals surface area contributed by atoms with Crippen molar-refractivity contribution in [1.82, 2.24) is 5.32 Å². The van der Waals surface area contributed by atoms with Gasteiger partial charge in [-0.3, -0.25) is 19.7 Å². The molecule has 1 heterocycles. The van der Waals surface area contributed by atoms with E-state index in [9.17, 15) is 19.2 Å². The van der Waals surface area contributed by atoms with Gasteiger partial charge in [-0.25, -0.2) is 9.69 Å². The number of nitrogens with one attached hydrogen (secondary N) is 1. The van der Waals surface area contributed by atoms with Crippen LogP contribution in [0.15, 0.2) is 48.0 Å². The molecule has 0 saturated carbocycles. The second-order valence-electron chi connectivity index (χ2n) is 6.17. The van der Waals surface area contributed by atoms with E-state index in [1.165, 1.54) is 49.4 Å². The molecule has 1 aliphatic rings. The molecule has 1 fully saturated rings. The Bertz CT molecular complexity index is 1060. The molecule has 1 saturated heterocycles. The smallest absolute Gasteiger partial charge is 0.335 e. The van der Waals surface area contributed by atoms with Gasteiger partial charge in [-0.2, -0.15) is 0 Å². The fraction of sp³-hybridized carbons (Fsp3) is 0.143. The molecular weight excluding hydrogens is 412 g/mol. The summed E-state index contributed by atoms with van der Waals surface area (Å²) in [5.74, 6) is -1.63. The van der Waals surface area contributed by atoms with Gasteiger partial charge in [0.15, 0.2) is 11.5 Å². The number of ether oxygens (including phenoxy) is 2. The first-order valence-corrected chi connectivity index (χ1v) is 9.30. The zero-order chi connectivity index (χ0) is 21.8. The number of carbonyl (C=O) groups is 4. The molecule has 0 spiro atoms. The van der Waals surface area contributed by atoms with Gasteiger partial charge in [0.1, 0.15) is 5.57 Å². The van der Waals surface area contributed by atoms with Crippen LogP contribution in [0.1, 0.15) is 19.4 Å². The maximum absolute atomic E-state index is 12.9. The van der Waals surface area contributed by atoms with Gasteiger partial charge in [-0.15, -0.1) is 0 Å². The van der Waals surface area contributed by atoms with Crippen LogP contribution >= 0.6 is 11.6 Å². The van der Waals surface area contributed by atoms with E-state index in [-0.39, 0.29) is 22.8 Å². The molecule has 1 aliphatic heterocycles. The summed E-state index contributed by atoms with van der Waals surface area (Å²) in [5, 5.41) is 2.58. The molecule has 2 aromatic rings. The van der Waals surface area contributed by atoms with Crippen LogP contribution in [-0.2, 0) is 14.4 Å². The second-order valence-corrected chi connectivity index (χ2v) is 6.60. The van der Waals surface area contributed by atoms with Crippen molar-refractivity contribution in [3.8, 4) is 11.5 Å². The van der Waals surface area contributed by atoms with E-state index < -0.39 is 23.8 Å². The Hall–Kier alpha value is -3.65. The molecule has 0 bridgehead atoms. The van der Waals surface area contributed by atoms with Gasteiger partial charge in [0, 0.05) is 11.9 Å². The quantitative estimate of drug-likeness (QED) is 0.339. The van der Waals surface area contributed by atoms with Crippen molar-refractivity contribution in [2.24, 2.45) is 0 Å². The van der Waals surface area contributed by atoms with Crippen LogP contribution in [0.25, 0.3) is 6.08 Å². The third kappa shape index (κ3) is 4.49. The van der Waals surface area contributed by atoms with E-state index in [1.807, 2.05) is 0 Å². The number of anilines is 1. The molecule has 0 atom stereocenters. The monoisotopic (exact) mass is 428 g/mol. The predicted molar refractivity (Wildman–Crippen MR) is 109 cm³/mol. The third-order valence-electron chi connectivity index (χ3n) is 4.02. The van der Waals surface area contributed by atoms with E-state index in [0.29, 0.717) is 17.2 Å². The highest BCUT2D eigenvalue weighted by atomic mass is 35.5. The lowest BCUT2D eigenvalue weighted by molar-refractivity contribution is -0.132. The summed E-state index contributed by atoms with van der Waals surface area (Å²) in [5.41, 5.74) is 0.464. The number of rotatable bonds is 5. The zero-order valence-corrected chi connectivity index (χ0v) is 16.9. The largest absolute Gasteiger partial charge is 0.490 e. The van der Waals surface area contributed by atoms with Gasteiger partial charge < -0.3 is 9.47 Å². The number of barbiturate groups is 1. The SMILES string of the molecule is CCOc1cc(/C=C2/C(=O)NC(=O)N(c3ccc(Cl)cc3)C2=O)ccc1OC(C)=O. The fourth-order valence-corrected chi connectivity index (χ4v) is 2.90. The zero-order valence-electron chi connectivity index (χ0n) is 16.1. The van der Waals surface area contributed by atoms with Crippen molar-refractivity contribution in [3.05, 3.63) is 58.6 Å². The molecule has 0 radical (unpaired) electrons. The van der Waals surface area contributed by atoms with Crippen LogP contribution in [0.2, 0.25) is 5.02 Å². The minimum Gasteiger partial charge on any atom is -0.490 e. The number of halogens is 1. The van der Waals surface area contributed by atoms with Crippen LogP contribution in [0, 0.1) is 0 Å². The summed E-state index contributed by atoms with van der Waals surface area (Å²) in [6.07, 6.45) is 1.33. The number of esters is 1. The minimum atomic E-state index is -0.857. The van der Waals surface area contributed by atoms with Gasteiger partial charge in [0.2, 0.25) is 0 Å². The highest BCUT2D eigenvalue weighted by molar-refractivity contribution is 6.39. The van der Waals surface area contributed by atoms with Crippen LogP contribution in [0.5, 0.6) is 11.5 Å². The van der Waals surface area contributed by atoms with Gasteiger partial charge in [-0.1, -0.05) is 17.7 Å². The normalized spacial score (nSPS) is 15.2. The Morgan fingerprint density at radius 2 is 1.80 bits per heavy atom. The molecule has 1 N–H and O–H groups in total. The fourth-order valence-electron chi connectivity index (χ4n) is 2.77. The van der Waals surface area contributed by atoms with E-state index in [2.05, 4.69) is 5.32 Å². The lowest BCUT2D eigenvalue weighted by Crippen LogP contribution is -2.54. The topological polar surface area (TPSA) is 102 Å². The van der Waals surface area contributed by atoms with E-state index >= 15 is 0 Å². The first-order chi connectivity index (χ1) is 14.3. The van der Waals surface area contributed by atoms with E-state index in [1.54, 1.807) is 13.0 Å². The molecule has 4 amide bonds. The highest BCUT2D eigenvalue weighted by Crippen LogP contribution is 2.30. The van der Waals surface area contributed by atoms with Crippen molar-refractivity contribution in [2.45, 2.75) is 13.8 Å². The number of hydrogen-bond acceptors (Lipinski definition) is 6. The summed E-state index contributed by atoms with van der Waals surface area (Å²) in [7, 11) is 0. The first kappa shape index (κ1) is 21.1. The molecule has 154 valence electrons. The van der Waals surface area contributed by atoms with Crippen molar-refractivity contribution in [3.63, 3.8) is 0 Å². The number of urea groups is 1. The third-order valence-corrected chi connectivity index (χ3v) is 4.27. The van der Waals surface area contributed by atoms with Crippen molar-refractivity contribution >= 4 is 47.2 Å². The number of nitrogens with zero attached hydrogens (tertiary/aromatic N) is 1. The Kier molecular flexibility index (Phi) is 6.17. The molecule has 0 unspecified atom stereocenters. The Labute approximate surface area is 177 Å². The first-order valence-electron chi connectivity index (χ1n) is 8.92. The molecule has 0 aliphatic carbocycles. The van der Waals surface area contributed by atoms with Gasteiger partial charge in [0.25, 0.3) is 11.8 Å². The van der Waals surface area contributed by atoms with Gasteiger partial charge >= 0.3 is 12.0 Å². The van der Waals surface area contributed by atoms with Crippen LogP contribution in [0.4, 0.5) is 10.5 Å². The average molecular weight is 429 g/mol. The number of imide groups is 2. The molecular formula is C21H17ClN2O6. The average Bonchev–Trinajstić information content (AvgIpc) is 2.68. The van der Waals surface area contributed by atoms with E-state index in [0.717, 1.165) is 4.90 Å². The van der Waals surface area contributed by atoms with Crippen LogP contribution in [0.3, 0.4) is 0 Å². The number of amides is 4. The summed E-state index contributed by atoms with van der Waals surface area (Å²) < 4.78 is 10.6. The van der Waals surface area contributed by atoms with Crippen molar-refractivity contribution in [2.75, 3.05) is 11.5 Å². The Morgan fingerprint density at radius 3 is 2.43 bits per heavy atom. The molecule has 2 aromatic carbocycles. The van der Waals surface area contributed by atoms with Gasteiger partial charge in [-0.05, 0) is 55.0 Å². The summed E-state index contributed by atoms with van der Waals surface area (Å²) in [4.78, 5) is 49.5. The Morgan fingerprint density at radius 1 is 1.10 bits per heavy atom. The summed E-state index contributed by atoms with van der Waals surface area (Å²) in [6.45, 7) is 3.34. The summed E-state index contributed by atoms with van der Waals surface area (Å²) in [6, 6.07) is 9.76. The molecule has 0 aromatic heterocycles. The Balaban J connectivity index is 1.98. The standard InChI is InChI=1S/C21H17ClN2O6/c1-3-29-18-11-13(4-9-17(18)30-12(2)25)10-16-19(26)23-21(28)24(20(16)27)15-7-5-14(22)6-8-15/h4-11H,3H2,1-2H3,(H,23,26,28)/b16-10-. The number of hydrogen-bond donors (Lipinski definition) is 1. The highest BCUT2D eigenvalue weighted by Gasteiger charge is 2.36. The van der Waals surface area contributed by atoms with Crippen molar-refractivity contribution in [1.29, 1.82) is 0 Å². The molecule has 8 nitrogen and oxygen atoms in total. The molecule has 3 rings (SSSR count). The molecule has 9 heteroatoms.